The standard InChI is InChI=1S/C19H18Br2N2O7S/c20-14-7-12(10-22-29-11-18(25)26)8-15(21)19(14)30-13-3-4-16(24)17(9-13)31(27,28)23-5-1-2-6-23/h3-4,7-10,24H,1-2,5-6,11H2,(H,25,26)/b22-10+. The smallest absolute Gasteiger partial charge is 0.344 e. The number of nitrogens with zero attached hydrogens (tertiary/aromatic N) is 2. The fourth-order valence-electron chi connectivity index (χ4n) is 2.89. The highest BCUT2D eigenvalue weighted by Crippen LogP contribution is 2.39. The number of aromatic hydroxyl groups is 1. The van der Waals surface area contributed by atoms with Crippen molar-refractivity contribution in [2.45, 2.75) is 17.7 Å². The highest BCUT2D eigenvalue weighted by Gasteiger charge is 2.30. The quantitative estimate of drug-likeness (QED) is 0.359. The van der Waals surface area contributed by atoms with Gasteiger partial charge in [0.05, 0.1) is 15.2 Å². The molecule has 0 spiro atoms. The number of phenols is 1. The van der Waals surface area contributed by atoms with E-state index in [1.165, 1.54) is 28.7 Å². The van der Waals surface area contributed by atoms with Crippen LogP contribution in [0.25, 0.3) is 0 Å². The maximum atomic E-state index is 12.8. The van der Waals surface area contributed by atoms with Gasteiger partial charge in [0.25, 0.3) is 0 Å². The van der Waals surface area contributed by atoms with E-state index in [1.54, 1.807) is 12.1 Å². The summed E-state index contributed by atoms with van der Waals surface area (Å²) < 4.78 is 33.9. The summed E-state index contributed by atoms with van der Waals surface area (Å²) >= 11 is 6.77. The first-order valence-corrected chi connectivity index (χ1v) is 12.1. The largest absolute Gasteiger partial charge is 0.507 e. The molecular weight excluding hydrogens is 560 g/mol. The van der Waals surface area contributed by atoms with Gasteiger partial charge in [-0.15, -0.1) is 0 Å². The number of aliphatic carboxylic acids is 1. The number of phenolic OH excluding ortho intramolecular Hbond substituents is 1. The summed E-state index contributed by atoms with van der Waals surface area (Å²) in [6.07, 6.45) is 2.91. The Kier molecular flexibility index (Phi) is 7.57. The summed E-state index contributed by atoms with van der Waals surface area (Å²) in [7, 11) is -3.82. The number of oxime groups is 1. The lowest BCUT2D eigenvalue weighted by molar-refractivity contribution is -0.142. The molecule has 0 unspecified atom stereocenters. The minimum absolute atomic E-state index is 0.210. The lowest BCUT2D eigenvalue weighted by Crippen LogP contribution is -2.27. The third-order valence-electron chi connectivity index (χ3n) is 4.32. The molecule has 9 nitrogen and oxygen atoms in total. The summed E-state index contributed by atoms with van der Waals surface area (Å²) in [4.78, 5) is 14.8. The normalized spacial score (nSPS) is 14.8. The Morgan fingerprint density at radius 1 is 1.16 bits per heavy atom. The number of halogens is 2. The zero-order valence-corrected chi connectivity index (χ0v) is 20.0. The van der Waals surface area contributed by atoms with Crippen molar-refractivity contribution in [3.8, 4) is 17.2 Å². The molecule has 1 saturated heterocycles. The molecule has 3 rings (SSSR count). The van der Waals surface area contributed by atoms with E-state index in [0.717, 1.165) is 12.8 Å². The predicted octanol–water partition coefficient (Wildman–Crippen LogP) is 3.93. The van der Waals surface area contributed by atoms with Crippen molar-refractivity contribution in [2.75, 3.05) is 19.7 Å². The van der Waals surface area contributed by atoms with Gasteiger partial charge in [-0.1, -0.05) is 5.16 Å². The number of hydrogen-bond donors (Lipinski definition) is 2. The van der Waals surface area contributed by atoms with Crippen LogP contribution in [0.1, 0.15) is 18.4 Å². The Bertz CT molecular complexity index is 1090. The van der Waals surface area contributed by atoms with Gasteiger partial charge in [0.2, 0.25) is 16.6 Å². The Balaban J connectivity index is 1.83. The van der Waals surface area contributed by atoms with E-state index in [4.69, 9.17) is 9.84 Å². The lowest BCUT2D eigenvalue weighted by Gasteiger charge is -2.17. The van der Waals surface area contributed by atoms with Gasteiger partial charge in [0.15, 0.2) is 5.75 Å². The number of carbonyl (C=O) groups is 1. The number of carboxylic acids is 1. The van der Waals surface area contributed by atoms with Gasteiger partial charge in [0.1, 0.15) is 16.4 Å². The third kappa shape index (κ3) is 5.76. The maximum Gasteiger partial charge on any atom is 0.344 e. The van der Waals surface area contributed by atoms with E-state index in [1.807, 2.05) is 0 Å². The molecule has 0 amide bonds. The number of benzene rings is 2. The third-order valence-corrected chi connectivity index (χ3v) is 7.42. The van der Waals surface area contributed by atoms with Gasteiger partial charge >= 0.3 is 5.97 Å². The molecule has 0 saturated carbocycles. The molecule has 0 aromatic heterocycles. The Hall–Kier alpha value is -2.15. The molecule has 2 N–H and O–H groups in total. The molecule has 1 aliphatic rings. The van der Waals surface area contributed by atoms with E-state index in [0.29, 0.717) is 33.3 Å². The van der Waals surface area contributed by atoms with E-state index < -0.39 is 22.6 Å². The molecule has 0 atom stereocenters. The number of sulfonamides is 1. The lowest BCUT2D eigenvalue weighted by atomic mass is 10.2. The fourth-order valence-corrected chi connectivity index (χ4v) is 5.89. The van der Waals surface area contributed by atoms with Crippen LogP contribution >= 0.6 is 31.9 Å². The molecule has 0 bridgehead atoms. The van der Waals surface area contributed by atoms with Gasteiger partial charge in [-0.25, -0.2) is 13.2 Å². The van der Waals surface area contributed by atoms with Gasteiger partial charge in [0, 0.05) is 19.2 Å². The molecule has 2 aromatic carbocycles. The molecular formula is C19H18Br2N2O7S. The highest BCUT2D eigenvalue weighted by atomic mass is 79.9. The van der Waals surface area contributed by atoms with Crippen molar-refractivity contribution in [1.29, 1.82) is 0 Å². The molecule has 2 aromatic rings. The van der Waals surface area contributed by atoms with Crippen LogP contribution in [0, 0.1) is 0 Å². The number of ether oxygens (including phenoxy) is 1. The minimum Gasteiger partial charge on any atom is -0.507 e. The van der Waals surface area contributed by atoms with Crippen LogP contribution in [0.5, 0.6) is 17.2 Å². The van der Waals surface area contributed by atoms with Crippen molar-refractivity contribution >= 4 is 54.1 Å². The zero-order chi connectivity index (χ0) is 22.6. The average Bonchev–Trinajstić information content (AvgIpc) is 3.25. The molecule has 1 fully saturated rings. The van der Waals surface area contributed by atoms with E-state index in [9.17, 15) is 18.3 Å². The van der Waals surface area contributed by atoms with E-state index >= 15 is 0 Å². The van der Waals surface area contributed by atoms with Crippen LogP contribution in [0.4, 0.5) is 0 Å². The summed E-state index contributed by atoms with van der Waals surface area (Å²) in [6.45, 7) is 0.288. The molecule has 166 valence electrons. The van der Waals surface area contributed by atoms with Gasteiger partial charge in [-0.05, 0) is 74.5 Å². The first-order chi connectivity index (χ1) is 14.7. The molecule has 1 aliphatic heterocycles. The minimum atomic E-state index is -3.82. The van der Waals surface area contributed by atoms with Gasteiger partial charge < -0.3 is 19.8 Å². The Morgan fingerprint density at radius 2 is 1.81 bits per heavy atom. The summed E-state index contributed by atoms with van der Waals surface area (Å²) in [5.41, 5.74) is 0.597. The first-order valence-electron chi connectivity index (χ1n) is 9.05. The number of carboxylic acid groups (broad SMARTS) is 1. The van der Waals surface area contributed by atoms with Crippen molar-refractivity contribution < 1.29 is 33.0 Å². The second kappa shape index (κ2) is 9.98. The summed E-state index contributed by atoms with van der Waals surface area (Å²) in [6, 6.07) is 7.36. The van der Waals surface area contributed by atoms with Crippen LogP contribution in [-0.4, -0.2) is 54.8 Å². The Labute approximate surface area is 195 Å². The molecule has 0 aliphatic carbocycles. The molecule has 1 heterocycles. The monoisotopic (exact) mass is 576 g/mol. The van der Waals surface area contributed by atoms with Crippen molar-refractivity contribution in [2.24, 2.45) is 5.16 Å². The van der Waals surface area contributed by atoms with Crippen molar-refractivity contribution in [3.63, 3.8) is 0 Å². The van der Waals surface area contributed by atoms with Gasteiger partial charge in [-0.2, -0.15) is 4.31 Å². The zero-order valence-electron chi connectivity index (χ0n) is 16.0. The van der Waals surface area contributed by atoms with Gasteiger partial charge in [-0.3, -0.25) is 0 Å². The second-order valence-electron chi connectivity index (χ2n) is 6.56. The average molecular weight is 578 g/mol. The van der Waals surface area contributed by atoms with Crippen LogP contribution in [0.2, 0.25) is 0 Å². The van der Waals surface area contributed by atoms with Crippen LogP contribution < -0.4 is 4.74 Å². The summed E-state index contributed by atoms with van der Waals surface area (Å²) in [5, 5.41) is 22.3. The van der Waals surface area contributed by atoms with Crippen molar-refractivity contribution in [1.82, 2.24) is 4.31 Å². The molecule has 31 heavy (non-hydrogen) atoms. The predicted molar refractivity (Wildman–Crippen MR) is 119 cm³/mol. The first kappa shape index (κ1) is 23.5. The van der Waals surface area contributed by atoms with Crippen LogP contribution in [-0.2, 0) is 19.7 Å². The van der Waals surface area contributed by atoms with E-state index in [-0.39, 0.29) is 16.4 Å². The fraction of sp³-hybridized carbons (Fsp3) is 0.263. The molecule has 0 radical (unpaired) electrons. The maximum absolute atomic E-state index is 12.8. The Morgan fingerprint density at radius 3 is 2.42 bits per heavy atom. The summed E-state index contributed by atoms with van der Waals surface area (Å²) in [5.74, 6) is -0.879. The number of rotatable bonds is 8. The molecule has 12 heteroatoms. The SMILES string of the molecule is O=C(O)CO/N=C/c1cc(Br)c(Oc2ccc(O)c(S(=O)(=O)N3CCCC3)c2)c(Br)c1. The van der Waals surface area contributed by atoms with Crippen LogP contribution in [0.3, 0.4) is 0 Å². The van der Waals surface area contributed by atoms with Crippen molar-refractivity contribution in [3.05, 3.63) is 44.8 Å². The van der Waals surface area contributed by atoms with E-state index in [2.05, 4.69) is 41.9 Å². The van der Waals surface area contributed by atoms with Crippen LogP contribution in [0.15, 0.2) is 49.3 Å². The number of hydrogen-bond acceptors (Lipinski definition) is 7. The second-order valence-corrected chi connectivity index (χ2v) is 10.2. The topological polar surface area (TPSA) is 126 Å². The highest BCUT2D eigenvalue weighted by molar-refractivity contribution is 9.11.